The molecule has 1 unspecified atom stereocenters. The normalized spacial score (nSPS) is 18.3. The summed E-state index contributed by atoms with van der Waals surface area (Å²) >= 11 is 0. The highest BCUT2D eigenvalue weighted by molar-refractivity contribution is 7.90. The largest absolute Gasteiger partial charge is 0.483 e. The van der Waals surface area contributed by atoms with Crippen LogP contribution in [0, 0.1) is 0 Å². The highest BCUT2D eigenvalue weighted by Crippen LogP contribution is 2.31. The molecule has 2 aliphatic heterocycles. The molecule has 0 amide bonds. The van der Waals surface area contributed by atoms with Gasteiger partial charge in [-0.25, -0.2) is 17.4 Å². The molecule has 0 aliphatic carbocycles. The number of carboxylic acid groups (broad SMARTS) is 1. The van der Waals surface area contributed by atoms with E-state index in [-0.39, 0.29) is 17.5 Å². The molecule has 2 aliphatic rings. The number of hydrogen-bond donors (Lipinski definition) is 2. The van der Waals surface area contributed by atoms with Crippen LogP contribution >= 0.6 is 0 Å². The zero-order valence-corrected chi connectivity index (χ0v) is 19.6. The molecule has 3 aromatic heterocycles. The molecule has 180 valence electrons. The maximum Gasteiger partial charge on any atom is 0.290 e. The van der Waals surface area contributed by atoms with Crippen molar-refractivity contribution in [3.63, 3.8) is 0 Å². The number of carbonyl (C=O) groups is 1. The van der Waals surface area contributed by atoms with Crippen LogP contribution in [-0.2, 0) is 19.6 Å². The number of pyridine rings is 2. The molecule has 0 spiro atoms. The van der Waals surface area contributed by atoms with Gasteiger partial charge in [0.25, 0.3) is 16.5 Å². The van der Waals surface area contributed by atoms with Gasteiger partial charge in [0.2, 0.25) is 0 Å². The number of aromatic nitrogens is 3. The topological polar surface area (TPSA) is 127 Å². The molecule has 5 heterocycles. The summed E-state index contributed by atoms with van der Waals surface area (Å²) in [5.41, 5.74) is 3.26. The highest BCUT2D eigenvalue weighted by Gasteiger charge is 2.26. The second-order valence-electron chi connectivity index (χ2n) is 7.95. The van der Waals surface area contributed by atoms with Crippen molar-refractivity contribution >= 4 is 38.9 Å². The lowest BCUT2D eigenvalue weighted by Gasteiger charge is -2.17. The van der Waals surface area contributed by atoms with E-state index in [1.807, 2.05) is 0 Å². The Morgan fingerprint density at radius 2 is 2.09 bits per heavy atom. The van der Waals surface area contributed by atoms with E-state index in [4.69, 9.17) is 14.6 Å². The Morgan fingerprint density at radius 1 is 1.26 bits per heavy atom. The fourth-order valence-electron chi connectivity index (χ4n) is 4.29. The van der Waals surface area contributed by atoms with Crippen molar-refractivity contribution in [3.8, 4) is 0 Å². The minimum atomic E-state index is -3.81. The maximum atomic E-state index is 13.5. The van der Waals surface area contributed by atoms with Gasteiger partial charge < -0.3 is 20.1 Å². The fourth-order valence-corrected chi connectivity index (χ4v) is 5.59. The van der Waals surface area contributed by atoms with Crippen LogP contribution in [0.2, 0.25) is 0 Å². The van der Waals surface area contributed by atoms with Gasteiger partial charge in [0.05, 0.1) is 17.1 Å². The summed E-state index contributed by atoms with van der Waals surface area (Å²) in [5.74, 6) is 0.762. The van der Waals surface area contributed by atoms with Gasteiger partial charge in [0.1, 0.15) is 10.7 Å². The molecular weight excluding hydrogens is 458 g/mol. The molecule has 0 bridgehead atoms. The smallest absolute Gasteiger partial charge is 0.290 e. The number of ether oxygens (including phenoxy) is 1. The molecule has 0 radical (unpaired) electrons. The van der Waals surface area contributed by atoms with Crippen molar-refractivity contribution in [1.29, 1.82) is 0 Å². The maximum absolute atomic E-state index is 13.5. The molecular formula is C23H27N5O5S. The Morgan fingerprint density at radius 3 is 2.74 bits per heavy atom. The van der Waals surface area contributed by atoms with Crippen LogP contribution in [0.15, 0.2) is 53.8 Å². The molecule has 1 atom stereocenters. The first kappa shape index (κ1) is 23.9. The standard InChI is InChI=1S/C22H25N5O3S.CH2O2/c1-30-17-8-12-26(14-17)21-5-4-18(13-25-21)31(28,29)27-15-19(16-6-10-23-11-7-16)22-20(27)3-2-9-24-22;2-1-3/h2-6,9,13,15,17,23H,7-8,10-12,14H2,1H3;1H,(H,2,3). The average molecular weight is 486 g/mol. The zero-order valence-electron chi connectivity index (χ0n) is 18.8. The van der Waals surface area contributed by atoms with Crippen LogP contribution < -0.4 is 10.2 Å². The Labute approximate surface area is 197 Å². The fraction of sp³-hybridized carbons (Fsp3) is 0.348. The van der Waals surface area contributed by atoms with E-state index in [0.717, 1.165) is 56.0 Å². The van der Waals surface area contributed by atoms with Crippen molar-refractivity contribution in [2.24, 2.45) is 0 Å². The number of methoxy groups -OCH3 is 1. The van der Waals surface area contributed by atoms with Gasteiger partial charge in [-0.3, -0.25) is 9.78 Å². The van der Waals surface area contributed by atoms with E-state index in [9.17, 15) is 8.42 Å². The predicted molar refractivity (Wildman–Crippen MR) is 128 cm³/mol. The van der Waals surface area contributed by atoms with E-state index >= 15 is 0 Å². The first-order chi connectivity index (χ1) is 16.5. The lowest BCUT2D eigenvalue weighted by molar-refractivity contribution is -0.122. The van der Waals surface area contributed by atoms with Crippen molar-refractivity contribution in [1.82, 2.24) is 19.3 Å². The van der Waals surface area contributed by atoms with Gasteiger partial charge in [-0.1, -0.05) is 6.08 Å². The minimum absolute atomic E-state index is 0.158. The Bertz CT molecular complexity index is 1290. The average Bonchev–Trinajstić information content (AvgIpc) is 3.51. The molecule has 3 aromatic rings. The van der Waals surface area contributed by atoms with Gasteiger partial charge in [-0.15, -0.1) is 0 Å². The van der Waals surface area contributed by atoms with Crippen LogP contribution in [0.25, 0.3) is 16.6 Å². The SMILES string of the molecule is COC1CCN(c2ccc(S(=O)(=O)n3cc(C4=CCNCC4)c4ncccc43)cn2)C1.O=CO. The molecule has 1 saturated heterocycles. The summed E-state index contributed by atoms with van der Waals surface area (Å²) in [6.45, 7) is 2.99. The van der Waals surface area contributed by atoms with Crippen LogP contribution in [0.3, 0.4) is 0 Å². The quantitative estimate of drug-likeness (QED) is 0.522. The van der Waals surface area contributed by atoms with Crippen molar-refractivity contribution in [2.45, 2.75) is 23.8 Å². The summed E-state index contributed by atoms with van der Waals surface area (Å²) in [5, 5.41) is 10.2. The van der Waals surface area contributed by atoms with E-state index in [0.29, 0.717) is 11.0 Å². The lowest BCUT2D eigenvalue weighted by Crippen LogP contribution is -2.23. The number of fused-ring (bicyclic) bond motifs is 1. The third-order valence-corrected chi connectivity index (χ3v) is 7.67. The van der Waals surface area contributed by atoms with Gasteiger partial charge in [-0.05, 0) is 49.2 Å². The number of nitrogens with one attached hydrogen (secondary N) is 1. The first-order valence-electron chi connectivity index (χ1n) is 10.9. The minimum Gasteiger partial charge on any atom is -0.483 e. The summed E-state index contributed by atoms with van der Waals surface area (Å²) in [4.78, 5) is 19.6. The Hall–Kier alpha value is -3.28. The van der Waals surface area contributed by atoms with Crippen molar-refractivity contribution < 1.29 is 23.1 Å². The zero-order chi connectivity index (χ0) is 24.1. The van der Waals surface area contributed by atoms with Crippen molar-refractivity contribution in [3.05, 3.63) is 54.5 Å². The number of rotatable bonds is 5. The molecule has 0 aromatic carbocycles. The molecule has 2 N–H and O–H groups in total. The number of anilines is 1. The summed E-state index contributed by atoms with van der Waals surface area (Å²) in [7, 11) is -2.10. The molecule has 0 saturated carbocycles. The lowest BCUT2D eigenvalue weighted by atomic mass is 10.0. The summed E-state index contributed by atoms with van der Waals surface area (Å²) in [6, 6.07) is 6.95. The third kappa shape index (κ3) is 4.67. The van der Waals surface area contributed by atoms with Gasteiger partial charge in [-0.2, -0.15) is 0 Å². The van der Waals surface area contributed by atoms with Gasteiger partial charge in [0, 0.05) is 50.9 Å². The number of nitrogens with zero attached hydrogens (tertiary/aromatic N) is 4. The highest BCUT2D eigenvalue weighted by atomic mass is 32.2. The van der Waals surface area contributed by atoms with Crippen LogP contribution in [0.4, 0.5) is 5.82 Å². The Balaban J connectivity index is 0.000000868. The van der Waals surface area contributed by atoms with Crippen LogP contribution in [0.1, 0.15) is 18.4 Å². The van der Waals surface area contributed by atoms with E-state index in [2.05, 4.69) is 26.3 Å². The van der Waals surface area contributed by atoms with Crippen molar-refractivity contribution in [2.75, 3.05) is 38.2 Å². The summed E-state index contributed by atoms with van der Waals surface area (Å²) in [6.07, 6.45) is 8.90. The third-order valence-electron chi connectivity index (χ3n) is 6.02. The molecule has 11 heteroatoms. The second-order valence-corrected chi connectivity index (χ2v) is 9.76. The first-order valence-corrected chi connectivity index (χ1v) is 12.4. The predicted octanol–water partition coefficient (Wildman–Crippen LogP) is 1.97. The summed E-state index contributed by atoms with van der Waals surface area (Å²) < 4.78 is 33.8. The van der Waals surface area contributed by atoms with Crippen LogP contribution in [0.5, 0.6) is 0 Å². The number of hydrogen-bond acceptors (Lipinski definition) is 8. The molecule has 1 fully saturated rings. The van der Waals surface area contributed by atoms with Gasteiger partial charge >= 0.3 is 0 Å². The van der Waals surface area contributed by atoms with E-state index < -0.39 is 10.0 Å². The molecule has 34 heavy (non-hydrogen) atoms. The van der Waals surface area contributed by atoms with E-state index in [1.165, 1.54) is 10.2 Å². The second kappa shape index (κ2) is 10.3. The molecule has 10 nitrogen and oxygen atoms in total. The van der Waals surface area contributed by atoms with Gasteiger partial charge in [0.15, 0.2) is 0 Å². The van der Waals surface area contributed by atoms with Crippen LogP contribution in [-0.4, -0.2) is 73.3 Å². The monoisotopic (exact) mass is 485 g/mol. The van der Waals surface area contributed by atoms with E-state index in [1.54, 1.807) is 43.8 Å². The Kier molecular flexibility index (Phi) is 7.25. The molecule has 5 rings (SSSR count).